The molecule has 3 nitrogen and oxygen atoms in total. The van der Waals surface area contributed by atoms with Gasteiger partial charge >= 0.3 is 0 Å². The van der Waals surface area contributed by atoms with Crippen molar-refractivity contribution in [1.29, 1.82) is 0 Å². The SMILES string of the molecule is CC1CCC(NC(=O)Cc2csc(-c3ccsc3)n2)CC1. The number of hydrogen-bond donors (Lipinski definition) is 1. The quantitative estimate of drug-likeness (QED) is 0.921. The number of nitrogens with one attached hydrogen (secondary N) is 1. The van der Waals surface area contributed by atoms with E-state index in [1.807, 2.05) is 10.8 Å². The molecule has 2 aromatic rings. The van der Waals surface area contributed by atoms with Gasteiger partial charge in [0.15, 0.2) is 0 Å². The Morgan fingerprint density at radius 2 is 2.14 bits per heavy atom. The molecule has 1 amide bonds. The first-order valence-electron chi connectivity index (χ1n) is 7.47. The van der Waals surface area contributed by atoms with E-state index in [4.69, 9.17) is 0 Å². The van der Waals surface area contributed by atoms with Crippen LogP contribution in [-0.4, -0.2) is 16.9 Å². The molecule has 1 saturated carbocycles. The molecule has 0 bridgehead atoms. The first-order valence-corrected chi connectivity index (χ1v) is 9.29. The molecule has 21 heavy (non-hydrogen) atoms. The Morgan fingerprint density at radius 3 is 2.86 bits per heavy atom. The molecule has 0 radical (unpaired) electrons. The number of rotatable bonds is 4. The molecule has 5 heteroatoms. The number of hydrogen-bond acceptors (Lipinski definition) is 4. The van der Waals surface area contributed by atoms with Crippen LogP contribution in [0.3, 0.4) is 0 Å². The van der Waals surface area contributed by atoms with Gasteiger partial charge in [0.2, 0.25) is 5.91 Å². The first-order chi connectivity index (χ1) is 10.2. The number of carbonyl (C=O) groups excluding carboxylic acids is 1. The maximum absolute atomic E-state index is 12.1. The van der Waals surface area contributed by atoms with E-state index in [1.54, 1.807) is 22.7 Å². The third-order valence-electron chi connectivity index (χ3n) is 4.04. The molecule has 0 atom stereocenters. The van der Waals surface area contributed by atoms with Crippen molar-refractivity contribution in [2.24, 2.45) is 5.92 Å². The number of amides is 1. The largest absolute Gasteiger partial charge is 0.353 e. The predicted octanol–water partition coefficient (Wildman–Crippen LogP) is 4.11. The van der Waals surface area contributed by atoms with E-state index in [0.29, 0.717) is 12.5 Å². The third-order valence-corrected chi connectivity index (χ3v) is 5.67. The second-order valence-corrected chi connectivity index (χ2v) is 7.50. The van der Waals surface area contributed by atoms with Gasteiger partial charge in [-0.2, -0.15) is 11.3 Å². The van der Waals surface area contributed by atoms with Gasteiger partial charge in [-0.25, -0.2) is 4.98 Å². The van der Waals surface area contributed by atoms with Crippen molar-refractivity contribution in [3.63, 3.8) is 0 Å². The Labute approximate surface area is 133 Å². The highest BCUT2D eigenvalue weighted by atomic mass is 32.1. The second kappa shape index (κ2) is 6.71. The summed E-state index contributed by atoms with van der Waals surface area (Å²) in [4.78, 5) is 16.7. The minimum absolute atomic E-state index is 0.108. The number of thiophene rings is 1. The number of nitrogens with zero attached hydrogens (tertiary/aromatic N) is 1. The van der Waals surface area contributed by atoms with E-state index in [-0.39, 0.29) is 5.91 Å². The Hall–Kier alpha value is -1.20. The molecule has 1 aliphatic rings. The molecule has 1 aliphatic carbocycles. The van der Waals surface area contributed by atoms with Crippen LogP contribution in [0.4, 0.5) is 0 Å². The van der Waals surface area contributed by atoms with Crippen LogP contribution in [-0.2, 0) is 11.2 Å². The van der Waals surface area contributed by atoms with Crippen LogP contribution in [0.1, 0.15) is 38.3 Å². The molecule has 0 aromatic carbocycles. The lowest BCUT2D eigenvalue weighted by Crippen LogP contribution is -2.38. The van der Waals surface area contributed by atoms with Crippen molar-refractivity contribution < 1.29 is 4.79 Å². The Balaban J connectivity index is 1.53. The lowest BCUT2D eigenvalue weighted by atomic mass is 9.87. The molecule has 0 spiro atoms. The van der Waals surface area contributed by atoms with Crippen LogP contribution in [0, 0.1) is 5.92 Å². The van der Waals surface area contributed by atoms with Crippen LogP contribution in [0.2, 0.25) is 0 Å². The maximum Gasteiger partial charge on any atom is 0.226 e. The summed E-state index contributed by atoms with van der Waals surface area (Å²) in [5.41, 5.74) is 2.03. The van der Waals surface area contributed by atoms with Gasteiger partial charge in [-0.15, -0.1) is 11.3 Å². The Kier molecular flexibility index (Phi) is 4.70. The lowest BCUT2D eigenvalue weighted by molar-refractivity contribution is -0.121. The van der Waals surface area contributed by atoms with Crippen molar-refractivity contribution in [1.82, 2.24) is 10.3 Å². The monoisotopic (exact) mass is 320 g/mol. The number of aromatic nitrogens is 1. The minimum atomic E-state index is 0.108. The van der Waals surface area contributed by atoms with Gasteiger partial charge in [0, 0.05) is 22.4 Å². The van der Waals surface area contributed by atoms with Crippen molar-refractivity contribution in [2.75, 3.05) is 0 Å². The van der Waals surface area contributed by atoms with Gasteiger partial charge in [0.1, 0.15) is 5.01 Å². The van der Waals surface area contributed by atoms with Gasteiger partial charge in [-0.05, 0) is 43.0 Å². The molecule has 1 N–H and O–H groups in total. The van der Waals surface area contributed by atoms with E-state index < -0.39 is 0 Å². The van der Waals surface area contributed by atoms with E-state index in [1.165, 1.54) is 12.8 Å². The third kappa shape index (κ3) is 3.92. The molecule has 2 heterocycles. The average Bonchev–Trinajstić information content (AvgIpc) is 3.12. The van der Waals surface area contributed by atoms with Gasteiger partial charge < -0.3 is 5.32 Å². The number of carbonyl (C=O) groups is 1. The van der Waals surface area contributed by atoms with Crippen molar-refractivity contribution in [3.05, 3.63) is 27.9 Å². The van der Waals surface area contributed by atoms with Crippen molar-refractivity contribution in [2.45, 2.75) is 45.1 Å². The number of thiazole rings is 1. The van der Waals surface area contributed by atoms with Gasteiger partial charge in [-0.1, -0.05) is 6.92 Å². The summed E-state index contributed by atoms with van der Waals surface area (Å²) in [5, 5.41) is 10.3. The molecule has 0 saturated heterocycles. The lowest BCUT2D eigenvalue weighted by Gasteiger charge is -2.26. The van der Waals surface area contributed by atoms with Gasteiger partial charge in [0.05, 0.1) is 12.1 Å². The predicted molar refractivity (Wildman–Crippen MR) is 88.7 cm³/mol. The minimum Gasteiger partial charge on any atom is -0.353 e. The zero-order valence-electron chi connectivity index (χ0n) is 12.2. The summed E-state index contributed by atoms with van der Waals surface area (Å²) >= 11 is 3.28. The topological polar surface area (TPSA) is 42.0 Å². The average molecular weight is 320 g/mol. The fraction of sp³-hybridized carbons (Fsp3) is 0.500. The molecular formula is C16H20N2OS2. The van der Waals surface area contributed by atoms with E-state index in [0.717, 1.165) is 35.0 Å². The van der Waals surface area contributed by atoms with E-state index in [2.05, 4.69) is 28.7 Å². The standard InChI is InChI=1S/C16H20N2OS2/c1-11-2-4-13(5-3-11)17-15(19)8-14-10-21-16(18-14)12-6-7-20-9-12/h6-7,9-11,13H,2-5,8H2,1H3,(H,17,19). The zero-order chi connectivity index (χ0) is 14.7. The Morgan fingerprint density at radius 1 is 1.33 bits per heavy atom. The smallest absolute Gasteiger partial charge is 0.226 e. The summed E-state index contributed by atoms with van der Waals surface area (Å²) < 4.78 is 0. The van der Waals surface area contributed by atoms with Crippen LogP contribution >= 0.6 is 22.7 Å². The van der Waals surface area contributed by atoms with Crippen LogP contribution in [0.15, 0.2) is 22.2 Å². The summed E-state index contributed by atoms with van der Waals surface area (Å²) in [6.07, 6.45) is 5.08. The molecule has 2 aromatic heterocycles. The summed E-state index contributed by atoms with van der Waals surface area (Å²) in [7, 11) is 0. The fourth-order valence-corrected chi connectivity index (χ4v) is 4.29. The highest BCUT2D eigenvalue weighted by molar-refractivity contribution is 7.14. The first kappa shape index (κ1) is 14.7. The van der Waals surface area contributed by atoms with Crippen LogP contribution in [0.25, 0.3) is 10.6 Å². The molecule has 112 valence electrons. The molecule has 0 aliphatic heterocycles. The van der Waals surface area contributed by atoms with Crippen molar-refractivity contribution >= 4 is 28.6 Å². The Bertz CT molecular complexity index is 583. The van der Waals surface area contributed by atoms with E-state index in [9.17, 15) is 4.79 Å². The van der Waals surface area contributed by atoms with Crippen LogP contribution < -0.4 is 5.32 Å². The molecule has 0 unspecified atom stereocenters. The fourth-order valence-electron chi connectivity index (χ4n) is 2.75. The van der Waals surface area contributed by atoms with Crippen molar-refractivity contribution in [3.8, 4) is 10.6 Å². The van der Waals surface area contributed by atoms with Crippen LogP contribution in [0.5, 0.6) is 0 Å². The summed E-state index contributed by atoms with van der Waals surface area (Å²) in [6, 6.07) is 2.43. The summed E-state index contributed by atoms with van der Waals surface area (Å²) in [5.74, 6) is 0.918. The maximum atomic E-state index is 12.1. The van der Waals surface area contributed by atoms with E-state index >= 15 is 0 Å². The second-order valence-electron chi connectivity index (χ2n) is 5.86. The zero-order valence-corrected chi connectivity index (χ0v) is 13.8. The normalized spacial score (nSPS) is 22.1. The highest BCUT2D eigenvalue weighted by Gasteiger charge is 2.20. The highest BCUT2D eigenvalue weighted by Crippen LogP contribution is 2.26. The van der Waals surface area contributed by atoms with Gasteiger partial charge in [0.25, 0.3) is 0 Å². The molecule has 3 rings (SSSR count). The van der Waals surface area contributed by atoms with Gasteiger partial charge in [-0.3, -0.25) is 4.79 Å². The molecular weight excluding hydrogens is 300 g/mol. The summed E-state index contributed by atoms with van der Waals surface area (Å²) in [6.45, 7) is 2.29. The molecule has 1 fully saturated rings.